The van der Waals surface area contributed by atoms with E-state index in [1.165, 1.54) is 10.6 Å². The molecule has 1 aromatic carbocycles. The molecule has 0 aliphatic heterocycles. The minimum atomic E-state index is -0.566. The summed E-state index contributed by atoms with van der Waals surface area (Å²) in [4.78, 5) is 11.5. The van der Waals surface area contributed by atoms with Crippen LogP contribution in [0.2, 0.25) is 0 Å². The number of halogens is 1. The minimum Gasteiger partial charge on any atom is -0.368 e. The average molecular weight is 328 g/mol. The number of nitrogens with two attached hydrogens (primary N) is 1. The first-order valence-corrected chi connectivity index (χ1v) is 7.50. The van der Waals surface area contributed by atoms with Gasteiger partial charge in [0.2, 0.25) is 5.91 Å². The molecule has 3 aromatic rings. The highest BCUT2D eigenvalue weighted by atomic mass is 19.1. The van der Waals surface area contributed by atoms with Crippen molar-refractivity contribution in [3.63, 3.8) is 0 Å². The zero-order valence-electron chi connectivity index (χ0n) is 13.3. The summed E-state index contributed by atoms with van der Waals surface area (Å²) >= 11 is 0. The highest BCUT2D eigenvalue weighted by Gasteiger charge is 2.20. The number of rotatable bonds is 5. The van der Waals surface area contributed by atoms with Crippen LogP contribution in [0.3, 0.4) is 0 Å². The number of nitrogens with one attached hydrogen (secondary N) is 1. The molecule has 0 saturated carbocycles. The Bertz CT molecular complexity index is 891. The molecule has 1 unspecified atom stereocenters. The number of aromatic nitrogens is 4. The smallest absolute Gasteiger partial charge is 0.240 e. The van der Waals surface area contributed by atoms with Crippen LogP contribution in [0.15, 0.2) is 36.4 Å². The van der Waals surface area contributed by atoms with E-state index in [2.05, 4.69) is 20.6 Å². The SMILES string of the molecule is CC(C)C(Nc1ccc2nnc(-c3ccccc3F)n2n1)C(N)=O. The molecule has 3 N–H and O–H groups in total. The Labute approximate surface area is 137 Å². The first-order chi connectivity index (χ1) is 11.5. The van der Waals surface area contributed by atoms with Crippen molar-refractivity contribution in [1.82, 2.24) is 19.8 Å². The molecule has 0 spiro atoms. The third-order valence-electron chi connectivity index (χ3n) is 3.65. The fourth-order valence-corrected chi connectivity index (χ4v) is 2.40. The first kappa shape index (κ1) is 15.9. The van der Waals surface area contributed by atoms with Gasteiger partial charge in [-0.3, -0.25) is 4.79 Å². The van der Waals surface area contributed by atoms with E-state index in [-0.39, 0.29) is 11.7 Å². The molecule has 7 nitrogen and oxygen atoms in total. The third kappa shape index (κ3) is 2.90. The average Bonchev–Trinajstić information content (AvgIpc) is 2.95. The van der Waals surface area contributed by atoms with Crippen molar-refractivity contribution in [2.24, 2.45) is 11.7 Å². The minimum absolute atomic E-state index is 0.00746. The van der Waals surface area contributed by atoms with Gasteiger partial charge in [0.1, 0.15) is 17.7 Å². The standard InChI is InChI=1S/C16H17FN6O/c1-9(2)14(15(18)24)19-12-7-8-13-20-21-16(23(13)22-12)10-5-3-4-6-11(10)17/h3-9,14H,1-2H3,(H2,18,24)(H,19,22). The van der Waals surface area contributed by atoms with Crippen LogP contribution in [-0.4, -0.2) is 31.8 Å². The zero-order chi connectivity index (χ0) is 17.3. The molecule has 8 heteroatoms. The van der Waals surface area contributed by atoms with Crippen molar-refractivity contribution >= 4 is 17.4 Å². The van der Waals surface area contributed by atoms with Gasteiger partial charge in [-0.05, 0) is 30.2 Å². The summed E-state index contributed by atoms with van der Waals surface area (Å²) < 4.78 is 15.4. The molecule has 0 saturated heterocycles. The van der Waals surface area contributed by atoms with E-state index in [1.807, 2.05) is 13.8 Å². The molecular weight excluding hydrogens is 311 g/mol. The lowest BCUT2D eigenvalue weighted by molar-refractivity contribution is -0.119. The summed E-state index contributed by atoms with van der Waals surface area (Å²) in [5, 5.41) is 15.4. The number of hydrogen-bond donors (Lipinski definition) is 2. The number of benzene rings is 1. The fourth-order valence-electron chi connectivity index (χ4n) is 2.40. The van der Waals surface area contributed by atoms with Crippen LogP contribution in [0.4, 0.5) is 10.2 Å². The van der Waals surface area contributed by atoms with E-state index in [0.29, 0.717) is 17.0 Å². The van der Waals surface area contributed by atoms with E-state index in [9.17, 15) is 9.18 Å². The van der Waals surface area contributed by atoms with Gasteiger partial charge in [0, 0.05) is 0 Å². The highest BCUT2D eigenvalue weighted by molar-refractivity contribution is 5.83. The van der Waals surface area contributed by atoms with Crippen molar-refractivity contribution < 1.29 is 9.18 Å². The molecular formula is C16H17FN6O. The lowest BCUT2D eigenvalue weighted by Gasteiger charge is -2.19. The fraction of sp³-hybridized carbons (Fsp3) is 0.250. The van der Waals surface area contributed by atoms with Crippen molar-refractivity contribution in [3.05, 3.63) is 42.2 Å². The quantitative estimate of drug-likeness (QED) is 0.745. The molecule has 2 heterocycles. The third-order valence-corrected chi connectivity index (χ3v) is 3.65. The van der Waals surface area contributed by atoms with Gasteiger partial charge in [-0.25, -0.2) is 4.39 Å². The Morgan fingerprint density at radius 1 is 1.21 bits per heavy atom. The number of primary amides is 1. The maximum Gasteiger partial charge on any atom is 0.240 e. The summed E-state index contributed by atoms with van der Waals surface area (Å²) in [6.07, 6.45) is 0. The van der Waals surface area contributed by atoms with E-state index in [4.69, 9.17) is 5.73 Å². The van der Waals surface area contributed by atoms with Crippen molar-refractivity contribution in [2.75, 3.05) is 5.32 Å². The lowest BCUT2D eigenvalue weighted by Crippen LogP contribution is -2.39. The normalized spacial score (nSPS) is 12.5. The van der Waals surface area contributed by atoms with Crippen LogP contribution >= 0.6 is 0 Å². The van der Waals surface area contributed by atoms with Gasteiger partial charge in [0.25, 0.3) is 0 Å². The van der Waals surface area contributed by atoms with Crippen LogP contribution in [-0.2, 0) is 4.79 Å². The van der Waals surface area contributed by atoms with Crippen LogP contribution in [0, 0.1) is 11.7 Å². The molecule has 1 amide bonds. The number of fused-ring (bicyclic) bond motifs is 1. The summed E-state index contributed by atoms with van der Waals surface area (Å²) in [5.74, 6) is -0.176. The molecule has 0 radical (unpaired) electrons. The Balaban J connectivity index is 2.03. The molecule has 3 rings (SSSR count). The van der Waals surface area contributed by atoms with Gasteiger partial charge >= 0.3 is 0 Å². The Morgan fingerprint density at radius 2 is 1.96 bits per heavy atom. The Hall–Kier alpha value is -3.03. The molecule has 0 fully saturated rings. The van der Waals surface area contributed by atoms with Gasteiger partial charge < -0.3 is 11.1 Å². The molecule has 2 aromatic heterocycles. The number of nitrogens with zero attached hydrogens (tertiary/aromatic N) is 4. The van der Waals surface area contributed by atoms with Crippen molar-refractivity contribution in [3.8, 4) is 11.4 Å². The number of hydrogen-bond acceptors (Lipinski definition) is 5. The predicted molar refractivity (Wildman–Crippen MR) is 87.6 cm³/mol. The lowest BCUT2D eigenvalue weighted by atomic mass is 10.0. The van der Waals surface area contributed by atoms with Crippen LogP contribution in [0.1, 0.15) is 13.8 Å². The van der Waals surface area contributed by atoms with E-state index >= 15 is 0 Å². The van der Waals surface area contributed by atoms with E-state index < -0.39 is 17.8 Å². The van der Waals surface area contributed by atoms with Crippen LogP contribution < -0.4 is 11.1 Å². The molecule has 0 aliphatic rings. The summed E-state index contributed by atoms with van der Waals surface area (Å²) in [7, 11) is 0. The molecule has 0 aliphatic carbocycles. The van der Waals surface area contributed by atoms with Gasteiger partial charge in [-0.1, -0.05) is 26.0 Å². The summed E-state index contributed by atoms with van der Waals surface area (Å²) in [6.45, 7) is 3.76. The highest BCUT2D eigenvalue weighted by Crippen LogP contribution is 2.21. The second-order valence-electron chi connectivity index (χ2n) is 5.76. The van der Waals surface area contributed by atoms with E-state index in [1.54, 1.807) is 30.3 Å². The van der Waals surface area contributed by atoms with Gasteiger partial charge in [0.15, 0.2) is 11.5 Å². The number of carbonyl (C=O) groups is 1. The monoisotopic (exact) mass is 328 g/mol. The summed E-state index contributed by atoms with van der Waals surface area (Å²) in [6, 6.07) is 9.06. The van der Waals surface area contributed by atoms with Crippen molar-refractivity contribution in [1.29, 1.82) is 0 Å². The largest absolute Gasteiger partial charge is 0.368 e. The van der Waals surface area contributed by atoms with Gasteiger partial charge in [-0.15, -0.1) is 15.3 Å². The number of amides is 1. The maximum atomic E-state index is 14.0. The number of anilines is 1. The molecule has 24 heavy (non-hydrogen) atoms. The second-order valence-corrected chi connectivity index (χ2v) is 5.76. The van der Waals surface area contributed by atoms with Crippen molar-refractivity contribution in [2.45, 2.75) is 19.9 Å². The predicted octanol–water partition coefficient (Wildman–Crippen LogP) is 1.85. The van der Waals surface area contributed by atoms with E-state index in [0.717, 1.165) is 0 Å². The Morgan fingerprint density at radius 3 is 2.62 bits per heavy atom. The first-order valence-electron chi connectivity index (χ1n) is 7.50. The van der Waals surface area contributed by atoms with Gasteiger partial charge in [-0.2, -0.15) is 4.52 Å². The topological polar surface area (TPSA) is 98.2 Å². The Kier molecular flexibility index (Phi) is 4.11. The second kappa shape index (κ2) is 6.23. The van der Waals surface area contributed by atoms with Gasteiger partial charge in [0.05, 0.1) is 5.56 Å². The zero-order valence-corrected chi connectivity index (χ0v) is 13.3. The maximum absolute atomic E-state index is 14.0. The van der Waals surface area contributed by atoms with Crippen LogP contribution in [0.25, 0.3) is 17.0 Å². The molecule has 1 atom stereocenters. The molecule has 0 bridgehead atoms. The van der Waals surface area contributed by atoms with Crippen LogP contribution in [0.5, 0.6) is 0 Å². The summed E-state index contributed by atoms with van der Waals surface area (Å²) in [5.41, 5.74) is 6.18. The number of carbonyl (C=O) groups excluding carboxylic acids is 1. The molecule has 124 valence electrons.